The number of nitrogens with zero attached hydrogens (tertiary/aromatic N) is 2. The number of benzene rings is 2. The predicted octanol–water partition coefficient (Wildman–Crippen LogP) is 3.25. The SMILES string of the molecule is CS(=O)(=O)c1ccc(C(=O)N2CCC(c3nc4ccccc4o3)CC2)cc1. The normalized spacial score (nSPS) is 16.0. The standard InChI is InChI=1S/C20H20N2O4S/c1-27(24,25)16-8-6-15(7-9-16)20(23)22-12-10-14(11-13-22)19-21-17-4-2-3-5-18(17)26-19/h2-9,14H,10-13H2,1H3. The number of fused-ring (bicyclic) bond motifs is 1. The predicted molar refractivity (Wildman–Crippen MR) is 101 cm³/mol. The smallest absolute Gasteiger partial charge is 0.253 e. The minimum Gasteiger partial charge on any atom is -0.440 e. The molecule has 140 valence electrons. The summed E-state index contributed by atoms with van der Waals surface area (Å²) in [6.45, 7) is 1.24. The zero-order chi connectivity index (χ0) is 19.0. The molecule has 6 nitrogen and oxygen atoms in total. The van der Waals surface area contributed by atoms with Crippen LogP contribution in [-0.4, -0.2) is 43.6 Å². The van der Waals surface area contributed by atoms with Crippen molar-refractivity contribution in [1.82, 2.24) is 9.88 Å². The number of rotatable bonds is 3. The van der Waals surface area contributed by atoms with Gasteiger partial charge < -0.3 is 9.32 Å². The number of aromatic nitrogens is 1. The van der Waals surface area contributed by atoms with Gasteiger partial charge in [-0.15, -0.1) is 0 Å². The van der Waals surface area contributed by atoms with Gasteiger partial charge in [-0.1, -0.05) is 12.1 Å². The third-order valence-corrected chi connectivity index (χ3v) is 6.10. The van der Waals surface area contributed by atoms with Gasteiger partial charge in [0.05, 0.1) is 4.90 Å². The van der Waals surface area contributed by atoms with E-state index in [0.717, 1.165) is 36.1 Å². The zero-order valence-corrected chi connectivity index (χ0v) is 15.8. The van der Waals surface area contributed by atoms with Gasteiger partial charge in [-0.25, -0.2) is 13.4 Å². The number of amides is 1. The van der Waals surface area contributed by atoms with E-state index in [0.29, 0.717) is 18.7 Å². The Bertz CT molecular complexity index is 1050. The highest BCUT2D eigenvalue weighted by molar-refractivity contribution is 7.90. The fourth-order valence-electron chi connectivity index (χ4n) is 3.42. The van der Waals surface area contributed by atoms with E-state index >= 15 is 0 Å². The molecule has 0 N–H and O–H groups in total. The van der Waals surface area contributed by atoms with Gasteiger partial charge in [-0.05, 0) is 49.2 Å². The van der Waals surface area contributed by atoms with Crippen LogP contribution in [0.5, 0.6) is 0 Å². The molecule has 1 fully saturated rings. The first-order valence-corrected chi connectivity index (χ1v) is 10.8. The van der Waals surface area contributed by atoms with Crippen LogP contribution in [0.4, 0.5) is 0 Å². The first kappa shape index (κ1) is 17.7. The van der Waals surface area contributed by atoms with Crippen molar-refractivity contribution in [3.05, 3.63) is 60.0 Å². The molecule has 3 aromatic rings. The summed E-state index contributed by atoms with van der Waals surface area (Å²) in [6, 6.07) is 13.8. The molecular formula is C20H20N2O4S. The second kappa shape index (κ2) is 6.81. The molecule has 0 aliphatic carbocycles. The quantitative estimate of drug-likeness (QED) is 0.692. The fraction of sp³-hybridized carbons (Fsp3) is 0.300. The molecule has 0 spiro atoms. The minimum atomic E-state index is -3.26. The first-order chi connectivity index (χ1) is 12.9. The van der Waals surface area contributed by atoms with E-state index in [1.165, 1.54) is 12.1 Å². The monoisotopic (exact) mass is 384 g/mol. The van der Waals surface area contributed by atoms with Gasteiger partial charge in [0.25, 0.3) is 5.91 Å². The molecule has 1 aliphatic heterocycles. The van der Waals surface area contributed by atoms with Crippen molar-refractivity contribution in [2.45, 2.75) is 23.7 Å². The summed E-state index contributed by atoms with van der Waals surface area (Å²) < 4.78 is 28.9. The summed E-state index contributed by atoms with van der Waals surface area (Å²) in [7, 11) is -3.26. The molecule has 1 aliphatic rings. The van der Waals surface area contributed by atoms with Crippen LogP contribution in [-0.2, 0) is 9.84 Å². The van der Waals surface area contributed by atoms with Crippen LogP contribution >= 0.6 is 0 Å². The molecule has 2 aromatic carbocycles. The molecule has 1 amide bonds. The number of carbonyl (C=O) groups excluding carboxylic acids is 1. The Kier molecular flexibility index (Phi) is 4.47. The Morgan fingerprint density at radius 2 is 1.74 bits per heavy atom. The number of hydrogen-bond acceptors (Lipinski definition) is 5. The highest BCUT2D eigenvalue weighted by Gasteiger charge is 2.27. The number of piperidine rings is 1. The maximum absolute atomic E-state index is 12.7. The summed E-state index contributed by atoms with van der Waals surface area (Å²) in [5, 5.41) is 0. The topological polar surface area (TPSA) is 80.5 Å². The van der Waals surface area contributed by atoms with E-state index in [2.05, 4.69) is 4.98 Å². The molecule has 27 heavy (non-hydrogen) atoms. The van der Waals surface area contributed by atoms with Crippen molar-refractivity contribution in [3.63, 3.8) is 0 Å². The largest absolute Gasteiger partial charge is 0.440 e. The number of hydrogen-bond donors (Lipinski definition) is 0. The Hall–Kier alpha value is -2.67. The Morgan fingerprint density at radius 3 is 2.37 bits per heavy atom. The minimum absolute atomic E-state index is 0.0777. The van der Waals surface area contributed by atoms with E-state index in [1.807, 2.05) is 24.3 Å². The van der Waals surface area contributed by atoms with Crippen molar-refractivity contribution in [3.8, 4) is 0 Å². The van der Waals surface area contributed by atoms with Gasteiger partial charge >= 0.3 is 0 Å². The molecular weight excluding hydrogens is 364 g/mol. The van der Waals surface area contributed by atoms with Gasteiger partial charge in [0.2, 0.25) is 0 Å². The number of para-hydroxylation sites is 2. The maximum Gasteiger partial charge on any atom is 0.253 e. The average Bonchev–Trinajstić information content (AvgIpc) is 3.11. The van der Waals surface area contributed by atoms with E-state index in [1.54, 1.807) is 17.0 Å². The maximum atomic E-state index is 12.7. The van der Waals surface area contributed by atoms with Crippen molar-refractivity contribution < 1.29 is 17.6 Å². The Labute approximate surface area is 157 Å². The average molecular weight is 384 g/mol. The summed E-state index contributed by atoms with van der Waals surface area (Å²) in [5.74, 6) is 0.862. The molecule has 4 rings (SSSR count). The molecule has 1 aromatic heterocycles. The third-order valence-electron chi connectivity index (χ3n) is 4.97. The number of sulfone groups is 1. The van der Waals surface area contributed by atoms with Crippen molar-refractivity contribution in [1.29, 1.82) is 0 Å². The van der Waals surface area contributed by atoms with Crippen LogP contribution in [0.25, 0.3) is 11.1 Å². The van der Waals surface area contributed by atoms with Crippen LogP contribution in [0.3, 0.4) is 0 Å². The molecule has 7 heteroatoms. The molecule has 0 bridgehead atoms. The molecule has 1 saturated heterocycles. The lowest BCUT2D eigenvalue weighted by Gasteiger charge is -2.30. The molecule has 0 unspecified atom stereocenters. The molecule has 0 atom stereocenters. The van der Waals surface area contributed by atoms with Crippen LogP contribution in [0.1, 0.15) is 35.0 Å². The second-order valence-corrected chi connectivity index (χ2v) is 8.90. The molecule has 0 saturated carbocycles. The number of carbonyl (C=O) groups is 1. The van der Waals surface area contributed by atoms with Crippen molar-refractivity contribution in [2.75, 3.05) is 19.3 Å². The number of oxazole rings is 1. The van der Waals surface area contributed by atoms with E-state index < -0.39 is 9.84 Å². The Balaban J connectivity index is 1.43. The van der Waals surface area contributed by atoms with Crippen LogP contribution < -0.4 is 0 Å². The second-order valence-electron chi connectivity index (χ2n) is 6.88. The lowest BCUT2D eigenvalue weighted by atomic mass is 9.96. The third kappa shape index (κ3) is 3.60. The van der Waals surface area contributed by atoms with Gasteiger partial charge in [-0.2, -0.15) is 0 Å². The highest BCUT2D eigenvalue weighted by Crippen LogP contribution is 2.30. The summed E-state index contributed by atoms with van der Waals surface area (Å²) in [6.07, 6.45) is 2.74. The lowest BCUT2D eigenvalue weighted by molar-refractivity contribution is 0.0706. The van der Waals surface area contributed by atoms with Crippen molar-refractivity contribution >= 4 is 26.8 Å². The van der Waals surface area contributed by atoms with E-state index in [4.69, 9.17) is 4.42 Å². The molecule has 0 radical (unpaired) electrons. The van der Waals surface area contributed by atoms with E-state index in [9.17, 15) is 13.2 Å². The van der Waals surface area contributed by atoms with E-state index in [-0.39, 0.29) is 16.7 Å². The summed E-state index contributed by atoms with van der Waals surface area (Å²) >= 11 is 0. The summed E-state index contributed by atoms with van der Waals surface area (Å²) in [4.78, 5) is 19.3. The highest BCUT2D eigenvalue weighted by atomic mass is 32.2. The zero-order valence-electron chi connectivity index (χ0n) is 15.0. The van der Waals surface area contributed by atoms with Crippen LogP contribution in [0, 0.1) is 0 Å². The van der Waals surface area contributed by atoms with Gasteiger partial charge in [0.15, 0.2) is 21.3 Å². The van der Waals surface area contributed by atoms with Gasteiger partial charge in [0, 0.05) is 30.8 Å². The van der Waals surface area contributed by atoms with Crippen LogP contribution in [0.15, 0.2) is 57.8 Å². The van der Waals surface area contributed by atoms with Crippen molar-refractivity contribution in [2.24, 2.45) is 0 Å². The molecule has 2 heterocycles. The lowest BCUT2D eigenvalue weighted by Crippen LogP contribution is -2.38. The van der Waals surface area contributed by atoms with Gasteiger partial charge in [-0.3, -0.25) is 4.79 Å². The van der Waals surface area contributed by atoms with Gasteiger partial charge in [0.1, 0.15) is 5.52 Å². The number of likely N-dealkylation sites (tertiary alicyclic amines) is 1. The summed E-state index contributed by atoms with van der Waals surface area (Å²) in [5.41, 5.74) is 2.15. The fourth-order valence-corrected chi connectivity index (χ4v) is 4.05. The Morgan fingerprint density at radius 1 is 1.07 bits per heavy atom. The first-order valence-electron chi connectivity index (χ1n) is 8.87. The van der Waals surface area contributed by atoms with Crippen LogP contribution in [0.2, 0.25) is 0 Å².